The molecule has 3 nitrogen and oxygen atoms in total. The first kappa shape index (κ1) is 13.0. The van der Waals surface area contributed by atoms with Crippen LogP contribution < -0.4 is 4.74 Å². The van der Waals surface area contributed by atoms with Crippen molar-refractivity contribution in [2.24, 2.45) is 0 Å². The smallest absolute Gasteiger partial charge is 0.342 e. The van der Waals surface area contributed by atoms with Crippen molar-refractivity contribution in [1.82, 2.24) is 0 Å². The quantitative estimate of drug-likeness (QED) is 0.797. The zero-order valence-electron chi connectivity index (χ0n) is 9.49. The molecule has 1 aromatic rings. The number of hydrogen-bond acceptors (Lipinski definition) is 3. The van der Waals surface area contributed by atoms with Crippen molar-refractivity contribution in [2.75, 3.05) is 0 Å². The molecular weight excluding hydrogens is 272 g/mol. The van der Waals surface area contributed by atoms with Gasteiger partial charge in [-0.25, -0.2) is 4.79 Å². The van der Waals surface area contributed by atoms with Gasteiger partial charge in [-0.2, -0.15) is 0 Å². The highest BCUT2D eigenvalue weighted by atomic mass is 79.9. The number of ether oxygens (including phenoxy) is 2. The summed E-state index contributed by atoms with van der Waals surface area (Å²) in [6.07, 6.45) is 0. The van der Waals surface area contributed by atoms with Gasteiger partial charge in [0.1, 0.15) is 16.9 Å². The van der Waals surface area contributed by atoms with Gasteiger partial charge in [-0.3, -0.25) is 0 Å². The Hall–Kier alpha value is -1.03. The maximum atomic E-state index is 11.8. The van der Waals surface area contributed by atoms with Crippen molar-refractivity contribution >= 4 is 21.9 Å². The molecule has 0 aromatic heterocycles. The van der Waals surface area contributed by atoms with E-state index < -0.39 is 11.6 Å². The number of carbonyl (C=O) groups is 1. The van der Waals surface area contributed by atoms with Crippen LogP contribution >= 0.6 is 15.9 Å². The third-order valence-corrected chi connectivity index (χ3v) is 1.86. The summed E-state index contributed by atoms with van der Waals surface area (Å²) in [5.41, 5.74) is 1.24. The second kappa shape index (κ2) is 5.34. The first-order valence-electron chi connectivity index (χ1n) is 4.85. The molecule has 0 atom stereocenters. The van der Waals surface area contributed by atoms with Gasteiger partial charge in [0.25, 0.3) is 0 Å². The monoisotopic (exact) mass is 285 g/mol. The topological polar surface area (TPSA) is 35.5 Å². The highest BCUT2D eigenvalue weighted by molar-refractivity contribution is 9.10. The van der Waals surface area contributed by atoms with Crippen molar-refractivity contribution < 1.29 is 14.3 Å². The van der Waals surface area contributed by atoms with Gasteiger partial charge in [0.05, 0.1) is 0 Å². The van der Waals surface area contributed by atoms with Gasteiger partial charge in [-0.15, -0.1) is 0 Å². The molecule has 0 saturated carbocycles. The van der Waals surface area contributed by atoms with E-state index in [2.05, 4.69) is 15.9 Å². The third kappa shape index (κ3) is 3.85. The fourth-order valence-electron chi connectivity index (χ4n) is 1.12. The van der Waals surface area contributed by atoms with E-state index in [9.17, 15) is 4.79 Å². The molecule has 1 aromatic carbocycles. The van der Waals surface area contributed by atoms with Crippen LogP contribution in [0, 0.1) is 5.52 Å². The Morgan fingerprint density at radius 3 is 2.50 bits per heavy atom. The fourth-order valence-corrected chi connectivity index (χ4v) is 1.32. The first-order chi connectivity index (χ1) is 7.44. The molecule has 0 saturated heterocycles. The lowest BCUT2D eigenvalue weighted by atomic mass is 10.1. The molecule has 0 bridgehead atoms. The van der Waals surface area contributed by atoms with Crippen LogP contribution in [0.4, 0.5) is 0 Å². The summed E-state index contributed by atoms with van der Waals surface area (Å²) in [5.74, 6) is 0.0751. The molecule has 0 amide bonds. The molecule has 0 spiro atoms. The minimum atomic E-state index is -0.512. The van der Waals surface area contributed by atoms with E-state index in [4.69, 9.17) is 9.47 Å². The van der Waals surface area contributed by atoms with E-state index in [0.29, 0.717) is 11.3 Å². The number of hydrogen-bond donors (Lipinski definition) is 0. The van der Waals surface area contributed by atoms with E-state index in [1.54, 1.807) is 24.3 Å². The summed E-state index contributed by atoms with van der Waals surface area (Å²) in [7, 11) is 0. The Bertz CT molecular complexity index is 369. The van der Waals surface area contributed by atoms with Crippen LogP contribution in [0.3, 0.4) is 0 Å². The van der Waals surface area contributed by atoms with Crippen LogP contribution in [0.2, 0.25) is 0 Å². The maximum Gasteiger partial charge on any atom is 0.342 e. The zero-order chi connectivity index (χ0) is 12.2. The Kier molecular flexibility index (Phi) is 4.35. The molecule has 1 rings (SSSR count). The van der Waals surface area contributed by atoms with Crippen molar-refractivity contribution in [1.29, 1.82) is 0 Å². The molecule has 0 unspecified atom stereocenters. The van der Waals surface area contributed by atoms with E-state index >= 15 is 0 Å². The lowest BCUT2D eigenvalue weighted by Crippen LogP contribution is -2.24. The van der Waals surface area contributed by atoms with Gasteiger partial charge in [0, 0.05) is 0 Å². The summed E-state index contributed by atoms with van der Waals surface area (Å²) >= 11 is 3.03. The minimum Gasteiger partial charge on any atom is -0.473 e. The fraction of sp³-hybridized carbons (Fsp3) is 0.333. The van der Waals surface area contributed by atoms with E-state index in [-0.39, 0.29) is 0 Å². The molecule has 4 heteroatoms. The summed E-state index contributed by atoms with van der Waals surface area (Å²) in [5, 5.41) is 0. The number of halogens is 1. The molecular formula is C12H14BrO3. The summed E-state index contributed by atoms with van der Waals surface area (Å²) in [6, 6.07) is 6.93. The SMILES string of the molecule is CC(C)(C)OC(=O)c1ccccc1O[CH]Br. The lowest BCUT2D eigenvalue weighted by molar-refractivity contribution is 0.00670. The van der Waals surface area contributed by atoms with Gasteiger partial charge in [-0.05, 0) is 48.8 Å². The van der Waals surface area contributed by atoms with Gasteiger partial charge in [-0.1, -0.05) is 12.1 Å². The average Bonchev–Trinajstić information content (AvgIpc) is 2.16. The maximum absolute atomic E-state index is 11.8. The molecule has 0 heterocycles. The van der Waals surface area contributed by atoms with Crippen molar-refractivity contribution in [3.8, 4) is 5.75 Å². The summed E-state index contributed by atoms with van der Waals surface area (Å²) in [6.45, 7) is 5.47. The predicted octanol–water partition coefficient (Wildman–Crippen LogP) is 3.53. The van der Waals surface area contributed by atoms with Crippen LogP contribution in [0.25, 0.3) is 0 Å². The van der Waals surface area contributed by atoms with Crippen molar-refractivity contribution in [2.45, 2.75) is 26.4 Å². The third-order valence-electron chi connectivity index (χ3n) is 1.68. The van der Waals surface area contributed by atoms with Gasteiger partial charge in [0.15, 0.2) is 5.52 Å². The van der Waals surface area contributed by atoms with Crippen LogP contribution in [0.15, 0.2) is 24.3 Å². The molecule has 0 fully saturated rings. The van der Waals surface area contributed by atoms with E-state index in [1.165, 1.54) is 5.52 Å². The molecule has 0 N–H and O–H groups in total. The molecule has 16 heavy (non-hydrogen) atoms. The minimum absolute atomic E-state index is 0.391. The molecule has 0 aliphatic carbocycles. The number of rotatable bonds is 3. The van der Waals surface area contributed by atoms with Crippen LogP contribution in [-0.2, 0) is 4.74 Å². The standard InChI is InChI=1S/C12H14BrO3/c1-12(2,3)16-11(14)9-6-4-5-7-10(9)15-8-13/h4-8H,1-3H3. The number of esters is 1. The van der Waals surface area contributed by atoms with Gasteiger partial charge >= 0.3 is 5.97 Å². The van der Waals surface area contributed by atoms with Crippen LogP contribution in [0.1, 0.15) is 31.1 Å². The van der Waals surface area contributed by atoms with E-state index in [1.807, 2.05) is 20.8 Å². The van der Waals surface area contributed by atoms with Gasteiger partial charge in [0.2, 0.25) is 0 Å². The number of benzene rings is 1. The average molecular weight is 286 g/mol. The normalized spacial score (nSPS) is 11.0. The Labute approximate surface area is 104 Å². The second-order valence-electron chi connectivity index (χ2n) is 4.20. The van der Waals surface area contributed by atoms with Crippen LogP contribution in [0.5, 0.6) is 5.75 Å². The first-order valence-corrected chi connectivity index (χ1v) is 5.76. The Morgan fingerprint density at radius 2 is 1.94 bits per heavy atom. The highest BCUT2D eigenvalue weighted by Crippen LogP contribution is 2.22. The van der Waals surface area contributed by atoms with Crippen molar-refractivity contribution in [3.63, 3.8) is 0 Å². The van der Waals surface area contributed by atoms with E-state index in [0.717, 1.165) is 0 Å². The highest BCUT2D eigenvalue weighted by Gasteiger charge is 2.20. The number of carbonyl (C=O) groups excluding carboxylic acids is 1. The second-order valence-corrected chi connectivity index (χ2v) is 4.58. The largest absolute Gasteiger partial charge is 0.473 e. The molecule has 0 aliphatic heterocycles. The molecule has 1 radical (unpaired) electrons. The Balaban J connectivity index is 2.90. The van der Waals surface area contributed by atoms with Crippen LogP contribution in [-0.4, -0.2) is 11.6 Å². The molecule has 87 valence electrons. The van der Waals surface area contributed by atoms with Crippen molar-refractivity contribution in [3.05, 3.63) is 35.3 Å². The zero-order valence-corrected chi connectivity index (χ0v) is 11.1. The van der Waals surface area contributed by atoms with Gasteiger partial charge < -0.3 is 9.47 Å². The summed E-state index contributed by atoms with van der Waals surface area (Å²) in [4.78, 5) is 11.8. The lowest BCUT2D eigenvalue weighted by Gasteiger charge is -2.20. The Morgan fingerprint density at radius 1 is 1.31 bits per heavy atom. The molecule has 0 aliphatic rings. The number of para-hydroxylation sites is 1. The predicted molar refractivity (Wildman–Crippen MR) is 65.5 cm³/mol. The summed E-state index contributed by atoms with van der Waals surface area (Å²) < 4.78 is 10.4.